The Morgan fingerprint density at radius 3 is 2.27 bits per heavy atom. The molecule has 0 bridgehead atoms. The summed E-state index contributed by atoms with van der Waals surface area (Å²) in [6.45, 7) is 0.190. The molecule has 0 radical (unpaired) electrons. The van der Waals surface area contributed by atoms with Crippen LogP contribution in [0.3, 0.4) is 0 Å². The van der Waals surface area contributed by atoms with Crippen LogP contribution in [-0.4, -0.2) is 7.11 Å². The van der Waals surface area contributed by atoms with Crippen molar-refractivity contribution in [2.24, 2.45) is 0 Å². The highest BCUT2D eigenvalue weighted by Crippen LogP contribution is 2.38. The van der Waals surface area contributed by atoms with Crippen molar-refractivity contribution in [3.8, 4) is 17.6 Å². The lowest BCUT2D eigenvalue weighted by molar-refractivity contribution is 0.285. The summed E-state index contributed by atoms with van der Waals surface area (Å²) in [6, 6.07) is 17.8. The van der Waals surface area contributed by atoms with Crippen LogP contribution in [0.25, 0.3) is 11.6 Å². The molecule has 3 aromatic rings. The molecule has 152 valence electrons. The monoisotopic (exact) mass is 477 g/mol. The van der Waals surface area contributed by atoms with Gasteiger partial charge in [-0.2, -0.15) is 5.26 Å². The predicted molar refractivity (Wildman–Crippen MR) is 124 cm³/mol. The zero-order chi connectivity index (χ0) is 21.7. The number of halogens is 4. The van der Waals surface area contributed by atoms with Crippen LogP contribution in [0.4, 0.5) is 0 Å². The third-order valence-electron chi connectivity index (χ3n) is 4.23. The van der Waals surface area contributed by atoms with Gasteiger partial charge < -0.3 is 9.47 Å². The Hall–Kier alpha value is -2.35. The number of hydrogen-bond acceptors (Lipinski definition) is 3. The van der Waals surface area contributed by atoms with E-state index in [1.54, 1.807) is 60.7 Å². The molecule has 3 rings (SSSR count). The molecule has 0 atom stereocenters. The topological polar surface area (TPSA) is 42.2 Å². The molecule has 0 heterocycles. The second kappa shape index (κ2) is 10.1. The fourth-order valence-electron chi connectivity index (χ4n) is 2.73. The van der Waals surface area contributed by atoms with E-state index in [1.165, 1.54) is 7.11 Å². The van der Waals surface area contributed by atoms with E-state index in [-0.39, 0.29) is 6.61 Å². The molecule has 0 aliphatic rings. The molecule has 30 heavy (non-hydrogen) atoms. The Morgan fingerprint density at radius 1 is 0.933 bits per heavy atom. The van der Waals surface area contributed by atoms with Gasteiger partial charge in [0.15, 0.2) is 11.5 Å². The van der Waals surface area contributed by atoms with Crippen molar-refractivity contribution < 1.29 is 9.47 Å². The van der Waals surface area contributed by atoms with Gasteiger partial charge in [0.05, 0.1) is 23.8 Å². The van der Waals surface area contributed by atoms with E-state index < -0.39 is 0 Å². The van der Waals surface area contributed by atoms with Gasteiger partial charge in [-0.3, -0.25) is 0 Å². The van der Waals surface area contributed by atoms with E-state index in [9.17, 15) is 5.26 Å². The molecular formula is C23H15Cl4NO2. The Labute approximate surface area is 195 Å². The highest BCUT2D eigenvalue weighted by atomic mass is 35.5. The first kappa shape index (κ1) is 22.3. The number of methoxy groups -OCH3 is 1. The summed E-state index contributed by atoms with van der Waals surface area (Å²) in [5.41, 5.74) is 2.67. The van der Waals surface area contributed by atoms with Crippen LogP contribution in [0.15, 0.2) is 54.6 Å². The summed E-state index contributed by atoms with van der Waals surface area (Å²) >= 11 is 24.5. The van der Waals surface area contributed by atoms with Crippen LogP contribution >= 0.6 is 46.4 Å². The first-order valence-corrected chi connectivity index (χ1v) is 10.2. The molecule has 0 saturated carbocycles. The van der Waals surface area contributed by atoms with Gasteiger partial charge in [0.1, 0.15) is 6.61 Å². The van der Waals surface area contributed by atoms with Crippen molar-refractivity contribution in [2.75, 3.05) is 7.11 Å². The second-order valence-corrected chi connectivity index (χ2v) is 7.92. The molecule has 0 unspecified atom stereocenters. The number of benzene rings is 3. The predicted octanol–water partition coefficient (Wildman–Crippen LogP) is 7.95. The molecule has 0 saturated heterocycles. The zero-order valence-corrected chi connectivity index (χ0v) is 18.8. The van der Waals surface area contributed by atoms with Crippen LogP contribution in [0.2, 0.25) is 20.1 Å². The summed E-state index contributed by atoms with van der Waals surface area (Å²) in [4.78, 5) is 0. The highest BCUT2D eigenvalue weighted by molar-refractivity contribution is 6.35. The fourth-order valence-corrected chi connectivity index (χ4v) is 3.59. The Morgan fingerprint density at radius 2 is 1.63 bits per heavy atom. The number of rotatable bonds is 6. The standard InChI is InChI=1S/C23H15Cl4NO2/c1-29-22-10-14(8-17(12-28)15-2-5-18(24)6-3-15)9-21(27)23(22)30-13-16-4-7-19(25)11-20(16)26/h2-11H,13H2,1H3/b17-8-. The summed E-state index contributed by atoms with van der Waals surface area (Å²) in [5.74, 6) is 0.819. The maximum Gasteiger partial charge on any atom is 0.180 e. The van der Waals surface area contributed by atoms with Crippen molar-refractivity contribution in [1.29, 1.82) is 5.26 Å². The molecule has 0 spiro atoms. The average Bonchev–Trinajstić information content (AvgIpc) is 2.72. The molecule has 7 heteroatoms. The first-order chi connectivity index (χ1) is 14.4. The summed E-state index contributed by atoms with van der Waals surface area (Å²) in [6.07, 6.45) is 1.72. The van der Waals surface area contributed by atoms with Crippen molar-refractivity contribution in [2.45, 2.75) is 6.61 Å². The molecular weight excluding hydrogens is 464 g/mol. The van der Waals surface area contributed by atoms with E-state index in [0.717, 1.165) is 11.1 Å². The van der Waals surface area contributed by atoms with Crippen molar-refractivity contribution in [3.05, 3.63) is 91.4 Å². The van der Waals surface area contributed by atoms with Crippen LogP contribution < -0.4 is 9.47 Å². The first-order valence-electron chi connectivity index (χ1n) is 8.73. The van der Waals surface area contributed by atoms with Crippen molar-refractivity contribution >= 4 is 58.1 Å². The smallest absolute Gasteiger partial charge is 0.180 e. The molecule has 0 fully saturated rings. The van der Waals surface area contributed by atoms with Crippen LogP contribution in [0, 0.1) is 11.3 Å². The molecule has 0 amide bonds. The normalized spacial score (nSPS) is 11.1. The van der Waals surface area contributed by atoms with Gasteiger partial charge in [0.2, 0.25) is 0 Å². The number of allylic oxidation sites excluding steroid dienone is 1. The van der Waals surface area contributed by atoms with Gasteiger partial charge in [0, 0.05) is 20.6 Å². The molecule has 0 aromatic heterocycles. The van der Waals surface area contributed by atoms with E-state index in [0.29, 0.717) is 42.7 Å². The van der Waals surface area contributed by atoms with Gasteiger partial charge in [-0.05, 0) is 53.6 Å². The third kappa shape index (κ3) is 5.41. The maximum atomic E-state index is 9.55. The van der Waals surface area contributed by atoms with Gasteiger partial charge in [-0.25, -0.2) is 0 Å². The molecule has 3 nitrogen and oxygen atoms in total. The quantitative estimate of drug-likeness (QED) is 0.266. The third-order valence-corrected chi connectivity index (χ3v) is 5.35. The van der Waals surface area contributed by atoms with E-state index >= 15 is 0 Å². The minimum atomic E-state index is 0.190. The number of nitrogens with zero attached hydrogens (tertiary/aromatic N) is 1. The van der Waals surface area contributed by atoms with Crippen LogP contribution in [-0.2, 0) is 6.61 Å². The van der Waals surface area contributed by atoms with E-state index in [4.69, 9.17) is 55.9 Å². The van der Waals surface area contributed by atoms with Gasteiger partial charge >= 0.3 is 0 Å². The number of hydrogen-bond donors (Lipinski definition) is 0. The Balaban J connectivity index is 1.89. The SMILES string of the molecule is COc1cc(/C=C(/C#N)c2ccc(Cl)cc2)cc(Cl)c1OCc1ccc(Cl)cc1Cl. The summed E-state index contributed by atoms with van der Waals surface area (Å²) in [7, 11) is 1.52. The van der Waals surface area contributed by atoms with E-state index in [2.05, 4.69) is 6.07 Å². The number of nitriles is 1. The lowest BCUT2D eigenvalue weighted by Crippen LogP contribution is -1.99. The molecule has 3 aromatic carbocycles. The maximum absolute atomic E-state index is 9.55. The minimum Gasteiger partial charge on any atom is -0.493 e. The zero-order valence-electron chi connectivity index (χ0n) is 15.8. The minimum absolute atomic E-state index is 0.190. The summed E-state index contributed by atoms with van der Waals surface area (Å²) in [5, 5.41) is 11.5. The van der Waals surface area contributed by atoms with Gasteiger partial charge in [0.25, 0.3) is 0 Å². The molecule has 0 N–H and O–H groups in total. The largest absolute Gasteiger partial charge is 0.493 e. The Bertz CT molecular complexity index is 1140. The fraction of sp³-hybridized carbons (Fsp3) is 0.0870. The second-order valence-electron chi connectivity index (χ2n) is 6.24. The van der Waals surface area contributed by atoms with Gasteiger partial charge in [-0.1, -0.05) is 64.6 Å². The lowest BCUT2D eigenvalue weighted by atomic mass is 10.0. The van der Waals surface area contributed by atoms with Crippen molar-refractivity contribution in [1.82, 2.24) is 0 Å². The lowest BCUT2D eigenvalue weighted by Gasteiger charge is -2.14. The number of ether oxygens (including phenoxy) is 2. The van der Waals surface area contributed by atoms with Gasteiger partial charge in [-0.15, -0.1) is 0 Å². The molecule has 0 aliphatic heterocycles. The Kier molecular flexibility index (Phi) is 7.53. The van der Waals surface area contributed by atoms with Crippen LogP contribution in [0.1, 0.15) is 16.7 Å². The molecule has 0 aliphatic carbocycles. The average molecular weight is 479 g/mol. The van der Waals surface area contributed by atoms with Crippen LogP contribution in [0.5, 0.6) is 11.5 Å². The summed E-state index contributed by atoms with van der Waals surface area (Å²) < 4.78 is 11.3. The van der Waals surface area contributed by atoms with Crippen molar-refractivity contribution in [3.63, 3.8) is 0 Å². The highest BCUT2D eigenvalue weighted by Gasteiger charge is 2.13. The van der Waals surface area contributed by atoms with E-state index in [1.807, 2.05) is 0 Å².